The minimum absolute atomic E-state index is 0.219. The number of carbonyl (C=O) groups excluding carboxylic acids is 1. The molecule has 0 aromatic heterocycles. The van der Waals surface area contributed by atoms with Crippen LogP contribution in [0, 0.1) is 5.92 Å². The number of hydrogen-bond donors (Lipinski definition) is 2. The van der Waals surface area contributed by atoms with Crippen LogP contribution < -0.4 is 5.73 Å². The van der Waals surface area contributed by atoms with Gasteiger partial charge in [0.2, 0.25) is 5.91 Å². The molecule has 0 aromatic rings. The fraction of sp³-hybridized carbons (Fsp3) is 0.750. The van der Waals surface area contributed by atoms with E-state index >= 15 is 0 Å². The van der Waals surface area contributed by atoms with E-state index in [-0.39, 0.29) is 6.42 Å². The summed E-state index contributed by atoms with van der Waals surface area (Å²) in [6.07, 6.45) is 14.3. The Kier molecular flexibility index (Phi) is 11.9. The molecule has 0 fully saturated rings. The Hall–Kier alpha value is -1.32. The highest BCUT2D eigenvalue weighted by Crippen LogP contribution is 2.11. The van der Waals surface area contributed by atoms with Gasteiger partial charge in [-0.3, -0.25) is 9.59 Å². The Labute approximate surface area is 122 Å². The molecular formula is C16H29NO3. The zero-order valence-corrected chi connectivity index (χ0v) is 12.6. The van der Waals surface area contributed by atoms with Crippen molar-refractivity contribution >= 4 is 11.9 Å². The Bertz CT molecular complexity index is 300. The van der Waals surface area contributed by atoms with Crippen LogP contribution in [0.3, 0.4) is 0 Å². The van der Waals surface area contributed by atoms with Gasteiger partial charge in [-0.25, -0.2) is 0 Å². The minimum Gasteiger partial charge on any atom is -0.481 e. The van der Waals surface area contributed by atoms with Crippen molar-refractivity contribution in [3.05, 3.63) is 12.2 Å². The normalized spacial score (nSPS) is 12.7. The van der Waals surface area contributed by atoms with Crippen molar-refractivity contribution in [3.63, 3.8) is 0 Å². The summed E-state index contributed by atoms with van der Waals surface area (Å²) in [6.45, 7) is 2.22. The third-order valence-corrected chi connectivity index (χ3v) is 3.35. The van der Waals surface area contributed by atoms with E-state index in [0.29, 0.717) is 0 Å². The SMILES string of the molecule is CCCCCCCCCC/C=C/C(CC(=O)O)C(N)=O. The number of allylic oxidation sites excluding steroid dienone is 1. The van der Waals surface area contributed by atoms with Crippen molar-refractivity contribution in [1.82, 2.24) is 0 Å². The van der Waals surface area contributed by atoms with Gasteiger partial charge in [-0.05, 0) is 12.8 Å². The zero-order chi connectivity index (χ0) is 15.2. The van der Waals surface area contributed by atoms with E-state index < -0.39 is 17.8 Å². The average molecular weight is 283 g/mol. The molecule has 0 heterocycles. The molecule has 116 valence electrons. The first-order valence-corrected chi connectivity index (χ1v) is 7.75. The van der Waals surface area contributed by atoms with E-state index in [1.54, 1.807) is 6.08 Å². The van der Waals surface area contributed by atoms with Crippen LogP contribution in [-0.4, -0.2) is 17.0 Å². The van der Waals surface area contributed by atoms with E-state index in [9.17, 15) is 9.59 Å². The predicted molar refractivity (Wildman–Crippen MR) is 81.3 cm³/mol. The molecule has 0 aromatic carbocycles. The van der Waals surface area contributed by atoms with Gasteiger partial charge in [0.25, 0.3) is 0 Å². The second-order valence-electron chi connectivity index (χ2n) is 5.30. The highest BCUT2D eigenvalue weighted by Gasteiger charge is 2.15. The van der Waals surface area contributed by atoms with Crippen molar-refractivity contribution in [2.24, 2.45) is 11.7 Å². The largest absolute Gasteiger partial charge is 0.481 e. The van der Waals surface area contributed by atoms with Crippen LogP contribution in [-0.2, 0) is 9.59 Å². The molecule has 20 heavy (non-hydrogen) atoms. The number of carbonyl (C=O) groups is 2. The molecule has 3 N–H and O–H groups in total. The Morgan fingerprint density at radius 1 is 1.05 bits per heavy atom. The van der Waals surface area contributed by atoms with Crippen molar-refractivity contribution in [2.75, 3.05) is 0 Å². The topological polar surface area (TPSA) is 80.4 Å². The predicted octanol–water partition coefficient (Wildman–Crippen LogP) is 3.65. The first-order chi connectivity index (χ1) is 9.57. The molecule has 0 saturated carbocycles. The highest BCUT2D eigenvalue weighted by molar-refractivity contribution is 5.83. The summed E-state index contributed by atoms with van der Waals surface area (Å²) in [5, 5.41) is 8.65. The standard InChI is InChI=1S/C16H29NO3/c1-2-3-4-5-6-7-8-9-10-11-12-14(16(17)20)13-15(18)19/h11-12,14H,2-10,13H2,1H3,(H2,17,20)(H,18,19)/b12-11+. The maximum atomic E-state index is 11.0. The molecule has 0 radical (unpaired) electrons. The van der Waals surface area contributed by atoms with Gasteiger partial charge in [0.05, 0.1) is 12.3 Å². The maximum absolute atomic E-state index is 11.0. The number of amides is 1. The summed E-state index contributed by atoms with van der Waals surface area (Å²) in [5.41, 5.74) is 5.15. The fourth-order valence-electron chi connectivity index (χ4n) is 2.11. The van der Waals surface area contributed by atoms with Crippen LogP contribution in [0.4, 0.5) is 0 Å². The van der Waals surface area contributed by atoms with Crippen LogP contribution in [0.2, 0.25) is 0 Å². The van der Waals surface area contributed by atoms with Gasteiger partial charge >= 0.3 is 5.97 Å². The van der Waals surface area contributed by atoms with Gasteiger partial charge in [0, 0.05) is 0 Å². The van der Waals surface area contributed by atoms with Crippen LogP contribution in [0.15, 0.2) is 12.2 Å². The summed E-state index contributed by atoms with van der Waals surface area (Å²) in [6, 6.07) is 0. The first kappa shape index (κ1) is 18.7. The molecule has 4 nitrogen and oxygen atoms in total. The van der Waals surface area contributed by atoms with Gasteiger partial charge in [-0.1, -0.05) is 64.0 Å². The van der Waals surface area contributed by atoms with E-state index in [1.165, 1.54) is 44.9 Å². The number of unbranched alkanes of at least 4 members (excludes halogenated alkanes) is 8. The summed E-state index contributed by atoms with van der Waals surface area (Å²) < 4.78 is 0. The Morgan fingerprint density at radius 3 is 2.10 bits per heavy atom. The van der Waals surface area contributed by atoms with E-state index in [0.717, 1.165) is 12.8 Å². The van der Waals surface area contributed by atoms with Crippen molar-refractivity contribution in [2.45, 2.75) is 71.1 Å². The van der Waals surface area contributed by atoms with E-state index in [1.807, 2.05) is 6.08 Å². The molecule has 0 rings (SSSR count). The smallest absolute Gasteiger partial charge is 0.304 e. The zero-order valence-electron chi connectivity index (χ0n) is 12.6. The molecule has 0 aliphatic rings. The van der Waals surface area contributed by atoms with E-state index in [4.69, 9.17) is 10.8 Å². The summed E-state index contributed by atoms with van der Waals surface area (Å²) in [7, 11) is 0. The van der Waals surface area contributed by atoms with Gasteiger partial charge in [-0.2, -0.15) is 0 Å². The van der Waals surface area contributed by atoms with E-state index in [2.05, 4.69) is 6.92 Å². The second kappa shape index (κ2) is 12.7. The van der Waals surface area contributed by atoms with Crippen LogP contribution in [0.1, 0.15) is 71.1 Å². The lowest BCUT2D eigenvalue weighted by molar-refractivity contribution is -0.139. The minimum atomic E-state index is -0.995. The quantitative estimate of drug-likeness (QED) is 0.400. The highest BCUT2D eigenvalue weighted by atomic mass is 16.4. The Balaban J connectivity index is 3.58. The molecule has 0 aliphatic heterocycles. The average Bonchev–Trinajstić information content (AvgIpc) is 2.39. The van der Waals surface area contributed by atoms with Crippen molar-refractivity contribution in [1.29, 1.82) is 0 Å². The Morgan fingerprint density at radius 2 is 1.60 bits per heavy atom. The van der Waals surface area contributed by atoms with Crippen molar-refractivity contribution in [3.8, 4) is 0 Å². The van der Waals surface area contributed by atoms with Gasteiger partial charge in [0.15, 0.2) is 0 Å². The molecule has 1 amide bonds. The van der Waals surface area contributed by atoms with Crippen molar-refractivity contribution < 1.29 is 14.7 Å². The molecular weight excluding hydrogens is 254 g/mol. The van der Waals surface area contributed by atoms with Crippen LogP contribution in [0.25, 0.3) is 0 Å². The van der Waals surface area contributed by atoms with Gasteiger partial charge in [0.1, 0.15) is 0 Å². The van der Waals surface area contributed by atoms with Gasteiger partial charge in [-0.15, -0.1) is 0 Å². The lowest BCUT2D eigenvalue weighted by atomic mass is 10.0. The number of carboxylic acids is 1. The summed E-state index contributed by atoms with van der Waals surface area (Å²) in [4.78, 5) is 21.6. The monoisotopic (exact) mass is 283 g/mol. The molecule has 4 heteroatoms. The number of hydrogen-bond acceptors (Lipinski definition) is 2. The number of carboxylic acid groups (broad SMARTS) is 1. The number of primary amides is 1. The number of rotatable bonds is 13. The third kappa shape index (κ3) is 11.8. The number of aliphatic carboxylic acids is 1. The summed E-state index contributed by atoms with van der Waals surface area (Å²) in [5.74, 6) is -2.24. The summed E-state index contributed by atoms with van der Waals surface area (Å²) >= 11 is 0. The lowest BCUT2D eigenvalue weighted by Gasteiger charge is -2.04. The van der Waals surface area contributed by atoms with Gasteiger partial charge < -0.3 is 10.8 Å². The first-order valence-electron chi connectivity index (χ1n) is 7.75. The maximum Gasteiger partial charge on any atom is 0.304 e. The molecule has 1 unspecified atom stereocenters. The molecule has 0 saturated heterocycles. The van der Waals surface area contributed by atoms with Crippen LogP contribution >= 0.6 is 0 Å². The molecule has 0 spiro atoms. The molecule has 0 aliphatic carbocycles. The second-order valence-corrected chi connectivity index (χ2v) is 5.30. The lowest BCUT2D eigenvalue weighted by Crippen LogP contribution is -2.23. The number of nitrogens with two attached hydrogens (primary N) is 1. The fourth-order valence-corrected chi connectivity index (χ4v) is 2.11. The molecule has 0 bridgehead atoms. The van der Waals surface area contributed by atoms with Crippen LogP contribution in [0.5, 0.6) is 0 Å². The third-order valence-electron chi connectivity index (χ3n) is 3.35. The molecule has 1 atom stereocenters.